The molecule has 0 aromatic heterocycles. The van der Waals surface area contributed by atoms with Crippen LogP contribution in [-0.4, -0.2) is 24.4 Å². The number of rotatable bonds is 5. The van der Waals surface area contributed by atoms with Gasteiger partial charge in [0, 0.05) is 34.7 Å². The predicted molar refractivity (Wildman–Crippen MR) is 81.4 cm³/mol. The van der Waals surface area contributed by atoms with Crippen molar-refractivity contribution in [3.05, 3.63) is 27.7 Å². The Balaban J connectivity index is 1.86. The quantitative estimate of drug-likeness (QED) is 0.714. The number of benzene rings is 1. The van der Waals surface area contributed by atoms with Gasteiger partial charge in [-0.15, -0.1) is 0 Å². The molecular formula is C14H18BrN3O2. The summed E-state index contributed by atoms with van der Waals surface area (Å²) in [5.74, 6) is -0.229. The van der Waals surface area contributed by atoms with Crippen molar-refractivity contribution in [1.82, 2.24) is 10.6 Å². The van der Waals surface area contributed by atoms with Crippen LogP contribution in [-0.2, 0) is 4.79 Å². The van der Waals surface area contributed by atoms with Crippen LogP contribution >= 0.6 is 15.9 Å². The summed E-state index contributed by atoms with van der Waals surface area (Å²) in [4.78, 5) is 23.6. The van der Waals surface area contributed by atoms with E-state index in [4.69, 9.17) is 5.73 Å². The van der Waals surface area contributed by atoms with Crippen LogP contribution in [0.3, 0.4) is 0 Å². The number of amides is 2. The normalized spacial score (nSPS) is 13.9. The average Bonchev–Trinajstić information content (AvgIpc) is 3.17. The maximum Gasteiger partial charge on any atom is 0.251 e. The Bertz CT molecular complexity index is 541. The monoisotopic (exact) mass is 339 g/mol. The van der Waals surface area contributed by atoms with E-state index in [1.54, 1.807) is 19.1 Å². The Morgan fingerprint density at radius 3 is 2.75 bits per heavy atom. The second-order valence-electron chi connectivity index (χ2n) is 5.02. The van der Waals surface area contributed by atoms with Crippen LogP contribution in [0.25, 0.3) is 0 Å². The average molecular weight is 340 g/mol. The lowest BCUT2D eigenvalue weighted by molar-refractivity contribution is -0.121. The second kappa shape index (κ2) is 6.26. The third-order valence-corrected chi connectivity index (χ3v) is 3.70. The van der Waals surface area contributed by atoms with Gasteiger partial charge in [-0.2, -0.15) is 0 Å². The molecule has 1 fully saturated rings. The maximum absolute atomic E-state index is 12.1. The van der Waals surface area contributed by atoms with E-state index in [2.05, 4.69) is 26.6 Å². The number of hydrogen-bond acceptors (Lipinski definition) is 3. The molecule has 0 saturated heterocycles. The van der Waals surface area contributed by atoms with Gasteiger partial charge in [0.1, 0.15) is 0 Å². The third-order valence-electron chi connectivity index (χ3n) is 3.24. The second-order valence-corrected chi connectivity index (χ2v) is 5.93. The molecule has 5 nitrogen and oxygen atoms in total. The van der Waals surface area contributed by atoms with Crippen LogP contribution in [0.5, 0.6) is 0 Å². The van der Waals surface area contributed by atoms with E-state index in [0.717, 1.165) is 22.9 Å². The lowest BCUT2D eigenvalue weighted by atomic mass is 10.1. The molecule has 1 aliphatic carbocycles. The summed E-state index contributed by atoms with van der Waals surface area (Å²) in [6.07, 6.45) is 2.42. The molecule has 4 N–H and O–H groups in total. The number of halogens is 1. The van der Waals surface area contributed by atoms with Gasteiger partial charge in [0.2, 0.25) is 5.91 Å². The molecule has 108 valence electrons. The van der Waals surface area contributed by atoms with Crippen molar-refractivity contribution in [3.8, 4) is 0 Å². The van der Waals surface area contributed by atoms with Crippen molar-refractivity contribution >= 4 is 33.4 Å². The smallest absolute Gasteiger partial charge is 0.251 e. The SMILES string of the molecule is Cc1c(N)cc(Br)cc1C(=O)NCCC(=O)NC1CC1. The summed E-state index contributed by atoms with van der Waals surface area (Å²) >= 11 is 3.32. The fourth-order valence-corrected chi connectivity index (χ4v) is 2.32. The Morgan fingerprint density at radius 2 is 2.10 bits per heavy atom. The highest BCUT2D eigenvalue weighted by atomic mass is 79.9. The van der Waals surface area contributed by atoms with Gasteiger partial charge >= 0.3 is 0 Å². The first kappa shape index (κ1) is 14.8. The Hall–Kier alpha value is -1.56. The zero-order valence-corrected chi connectivity index (χ0v) is 12.9. The van der Waals surface area contributed by atoms with E-state index in [1.807, 2.05) is 0 Å². The zero-order valence-electron chi connectivity index (χ0n) is 11.3. The van der Waals surface area contributed by atoms with Crippen molar-refractivity contribution in [3.63, 3.8) is 0 Å². The van der Waals surface area contributed by atoms with Gasteiger partial charge in [-0.3, -0.25) is 9.59 Å². The minimum Gasteiger partial charge on any atom is -0.398 e. The standard InChI is InChI=1S/C14H18BrN3O2/c1-8-11(6-9(15)7-12(8)16)14(20)17-5-4-13(19)18-10-2-3-10/h6-7,10H,2-5,16H2,1H3,(H,17,20)(H,18,19). The molecule has 0 heterocycles. The fraction of sp³-hybridized carbons (Fsp3) is 0.429. The molecule has 1 aromatic rings. The van der Waals surface area contributed by atoms with Gasteiger partial charge < -0.3 is 16.4 Å². The highest BCUT2D eigenvalue weighted by molar-refractivity contribution is 9.10. The number of hydrogen-bond donors (Lipinski definition) is 3. The van der Waals surface area contributed by atoms with Crippen LogP contribution in [0.1, 0.15) is 35.2 Å². The number of carbonyl (C=O) groups is 2. The first-order valence-corrected chi connectivity index (χ1v) is 7.40. The molecule has 0 spiro atoms. The van der Waals surface area contributed by atoms with Gasteiger partial charge in [-0.1, -0.05) is 15.9 Å². The molecule has 1 aliphatic rings. The largest absolute Gasteiger partial charge is 0.398 e. The van der Waals surface area contributed by atoms with Crippen molar-refractivity contribution in [2.75, 3.05) is 12.3 Å². The maximum atomic E-state index is 12.1. The molecule has 1 saturated carbocycles. The summed E-state index contributed by atoms with van der Waals surface area (Å²) < 4.78 is 0.761. The van der Waals surface area contributed by atoms with E-state index in [1.165, 1.54) is 0 Å². The van der Waals surface area contributed by atoms with Crippen molar-refractivity contribution in [2.24, 2.45) is 0 Å². The van der Waals surface area contributed by atoms with Gasteiger partial charge in [0.15, 0.2) is 0 Å². The van der Waals surface area contributed by atoms with Gasteiger partial charge in [0.05, 0.1) is 0 Å². The summed E-state index contributed by atoms with van der Waals surface area (Å²) in [5, 5.41) is 5.62. The molecule has 0 unspecified atom stereocenters. The van der Waals surface area contributed by atoms with Crippen LogP contribution in [0.4, 0.5) is 5.69 Å². The van der Waals surface area contributed by atoms with Crippen LogP contribution in [0.15, 0.2) is 16.6 Å². The molecule has 20 heavy (non-hydrogen) atoms. The van der Waals surface area contributed by atoms with Gasteiger partial charge in [-0.05, 0) is 37.5 Å². The number of anilines is 1. The van der Waals surface area contributed by atoms with Gasteiger partial charge in [-0.25, -0.2) is 0 Å². The number of nitrogens with one attached hydrogen (secondary N) is 2. The molecule has 0 aliphatic heterocycles. The van der Waals surface area contributed by atoms with E-state index in [0.29, 0.717) is 30.3 Å². The van der Waals surface area contributed by atoms with E-state index in [9.17, 15) is 9.59 Å². The van der Waals surface area contributed by atoms with Crippen molar-refractivity contribution in [2.45, 2.75) is 32.2 Å². The lowest BCUT2D eigenvalue weighted by Crippen LogP contribution is -2.32. The molecule has 0 atom stereocenters. The van der Waals surface area contributed by atoms with E-state index >= 15 is 0 Å². The highest BCUT2D eigenvalue weighted by Crippen LogP contribution is 2.22. The molecule has 2 amide bonds. The molecular weight excluding hydrogens is 322 g/mol. The van der Waals surface area contributed by atoms with Crippen LogP contribution in [0.2, 0.25) is 0 Å². The molecule has 0 bridgehead atoms. The van der Waals surface area contributed by atoms with Gasteiger partial charge in [0.25, 0.3) is 5.91 Å². The number of nitrogen functional groups attached to an aromatic ring is 1. The summed E-state index contributed by atoms with van der Waals surface area (Å²) in [6.45, 7) is 2.12. The number of nitrogens with two attached hydrogens (primary N) is 1. The van der Waals surface area contributed by atoms with Crippen molar-refractivity contribution < 1.29 is 9.59 Å². The molecule has 6 heteroatoms. The fourth-order valence-electron chi connectivity index (χ4n) is 1.85. The first-order valence-electron chi connectivity index (χ1n) is 6.60. The Labute approximate surface area is 126 Å². The number of carbonyl (C=O) groups excluding carboxylic acids is 2. The summed E-state index contributed by atoms with van der Waals surface area (Å²) in [5.41, 5.74) is 7.66. The molecule has 0 radical (unpaired) electrons. The molecule has 2 rings (SSSR count). The summed E-state index contributed by atoms with van der Waals surface area (Å²) in [7, 11) is 0. The predicted octanol–water partition coefficient (Wildman–Crippen LogP) is 1.74. The zero-order chi connectivity index (χ0) is 14.7. The van der Waals surface area contributed by atoms with Crippen molar-refractivity contribution in [1.29, 1.82) is 0 Å². The molecule has 1 aromatic carbocycles. The third kappa shape index (κ3) is 3.96. The first-order chi connectivity index (χ1) is 9.47. The minimum atomic E-state index is -0.213. The van der Waals surface area contributed by atoms with E-state index in [-0.39, 0.29) is 11.8 Å². The highest BCUT2D eigenvalue weighted by Gasteiger charge is 2.22. The Kier molecular flexibility index (Phi) is 4.65. The summed E-state index contributed by atoms with van der Waals surface area (Å²) in [6, 6.07) is 3.84. The lowest BCUT2D eigenvalue weighted by Gasteiger charge is -2.10. The van der Waals surface area contributed by atoms with Crippen LogP contribution in [0, 0.1) is 6.92 Å². The topological polar surface area (TPSA) is 84.2 Å². The Morgan fingerprint density at radius 1 is 1.40 bits per heavy atom. The van der Waals surface area contributed by atoms with Crippen LogP contribution < -0.4 is 16.4 Å². The minimum absolute atomic E-state index is 0.0155. The van der Waals surface area contributed by atoms with E-state index < -0.39 is 0 Å².